The molecular weight excluding hydrogens is 445 g/mol. The van der Waals surface area contributed by atoms with Crippen molar-refractivity contribution in [3.8, 4) is 5.75 Å². The maximum atomic E-state index is 13.0. The van der Waals surface area contributed by atoms with E-state index in [9.17, 15) is 18.0 Å². The van der Waals surface area contributed by atoms with Gasteiger partial charge < -0.3 is 15.2 Å². The molecule has 34 heavy (non-hydrogen) atoms. The Hall–Kier alpha value is -2.58. The Bertz CT molecular complexity index is 1010. The van der Waals surface area contributed by atoms with E-state index in [1.807, 2.05) is 11.8 Å². The predicted octanol–water partition coefficient (Wildman–Crippen LogP) is 4.67. The molecule has 2 unspecified atom stereocenters. The van der Waals surface area contributed by atoms with Gasteiger partial charge in [-0.2, -0.15) is 13.2 Å². The zero-order chi connectivity index (χ0) is 24.5. The van der Waals surface area contributed by atoms with E-state index in [0.29, 0.717) is 39.0 Å². The molecule has 0 radical (unpaired) electrons. The van der Waals surface area contributed by atoms with E-state index < -0.39 is 23.2 Å². The van der Waals surface area contributed by atoms with E-state index in [1.165, 1.54) is 17.7 Å². The highest BCUT2D eigenvalue weighted by molar-refractivity contribution is 5.85. The molecule has 8 heteroatoms. The number of carbonyl (C=O) groups is 1. The molecule has 0 bridgehead atoms. The summed E-state index contributed by atoms with van der Waals surface area (Å²) < 4.78 is 51.1. The highest BCUT2D eigenvalue weighted by Crippen LogP contribution is 2.39. The Morgan fingerprint density at radius 2 is 1.97 bits per heavy atom. The van der Waals surface area contributed by atoms with Gasteiger partial charge in [0.05, 0.1) is 11.7 Å². The van der Waals surface area contributed by atoms with Crippen molar-refractivity contribution in [1.82, 2.24) is 4.90 Å². The second-order valence-electron chi connectivity index (χ2n) is 9.46. The van der Waals surface area contributed by atoms with E-state index in [2.05, 4.69) is 31.2 Å². The number of alkyl halides is 3. The van der Waals surface area contributed by atoms with Crippen LogP contribution in [0.5, 0.6) is 5.75 Å². The minimum Gasteiger partial charge on any atom is -0.489 e. The number of nitrogens with zero attached hydrogens (tertiary/aromatic N) is 1. The van der Waals surface area contributed by atoms with E-state index in [4.69, 9.17) is 15.2 Å². The topological polar surface area (TPSA) is 64.8 Å². The lowest BCUT2D eigenvalue weighted by molar-refractivity contribution is -0.142. The van der Waals surface area contributed by atoms with Crippen LogP contribution < -0.4 is 10.5 Å². The SMILES string of the molecule is Cc1ccc([C@H](C)C2CC(C(N)=O)(N3CC[C@@H](Oc4cccc(C(F)(F)F)c4)C3)CCO2)cc1. The maximum Gasteiger partial charge on any atom is 0.416 e. The molecule has 0 aliphatic carbocycles. The summed E-state index contributed by atoms with van der Waals surface area (Å²) in [5, 5.41) is 0. The number of aryl methyl sites for hydroxylation is 1. The van der Waals surface area contributed by atoms with Crippen LogP contribution in [0.15, 0.2) is 48.5 Å². The highest BCUT2D eigenvalue weighted by Gasteiger charge is 2.50. The summed E-state index contributed by atoms with van der Waals surface area (Å²) in [6.07, 6.45) is -3.38. The van der Waals surface area contributed by atoms with Crippen molar-refractivity contribution < 1.29 is 27.4 Å². The number of benzene rings is 2. The van der Waals surface area contributed by atoms with E-state index in [-0.39, 0.29) is 23.9 Å². The van der Waals surface area contributed by atoms with Gasteiger partial charge in [-0.05, 0) is 43.5 Å². The lowest BCUT2D eigenvalue weighted by atomic mass is 9.79. The van der Waals surface area contributed by atoms with Gasteiger partial charge in [0.25, 0.3) is 0 Å². The summed E-state index contributed by atoms with van der Waals surface area (Å²) in [7, 11) is 0. The minimum absolute atomic E-state index is 0.0828. The Kier molecular flexibility index (Phi) is 6.92. The molecule has 1 amide bonds. The molecule has 0 saturated carbocycles. The molecule has 4 atom stereocenters. The van der Waals surface area contributed by atoms with Crippen LogP contribution in [-0.4, -0.2) is 48.3 Å². The van der Waals surface area contributed by atoms with E-state index in [1.54, 1.807) is 0 Å². The molecule has 5 nitrogen and oxygen atoms in total. The van der Waals surface area contributed by atoms with Crippen molar-refractivity contribution in [3.63, 3.8) is 0 Å². The van der Waals surface area contributed by atoms with Crippen molar-refractivity contribution in [1.29, 1.82) is 0 Å². The molecule has 2 aliphatic heterocycles. The second kappa shape index (κ2) is 9.58. The van der Waals surface area contributed by atoms with Crippen LogP contribution in [0.2, 0.25) is 0 Å². The van der Waals surface area contributed by atoms with Crippen LogP contribution in [0.3, 0.4) is 0 Å². The lowest BCUT2D eigenvalue weighted by Gasteiger charge is -2.46. The Balaban J connectivity index is 1.47. The molecular formula is C26H31F3N2O3. The number of hydrogen-bond donors (Lipinski definition) is 1. The van der Waals surface area contributed by atoms with Gasteiger partial charge in [0.15, 0.2) is 0 Å². The average Bonchev–Trinajstić information content (AvgIpc) is 3.27. The molecule has 4 rings (SSSR count). The number of nitrogens with two attached hydrogens (primary N) is 1. The van der Waals surface area contributed by atoms with E-state index in [0.717, 1.165) is 17.7 Å². The van der Waals surface area contributed by atoms with Crippen LogP contribution >= 0.6 is 0 Å². The summed E-state index contributed by atoms with van der Waals surface area (Å²) in [5.74, 6) is -0.136. The van der Waals surface area contributed by atoms with Crippen molar-refractivity contribution in [2.45, 2.75) is 63.0 Å². The fourth-order valence-corrected chi connectivity index (χ4v) is 5.10. The molecule has 0 aromatic heterocycles. The Labute approximate surface area is 198 Å². The summed E-state index contributed by atoms with van der Waals surface area (Å²) in [6.45, 7) is 5.55. The highest BCUT2D eigenvalue weighted by atomic mass is 19.4. The first-order valence-electron chi connectivity index (χ1n) is 11.7. The lowest BCUT2D eigenvalue weighted by Crippen LogP contribution is -2.61. The van der Waals surface area contributed by atoms with Crippen molar-refractivity contribution in [3.05, 3.63) is 65.2 Å². The third-order valence-electron chi connectivity index (χ3n) is 7.22. The number of carbonyl (C=O) groups excluding carboxylic acids is 1. The van der Waals surface area contributed by atoms with E-state index >= 15 is 0 Å². The van der Waals surface area contributed by atoms with Crippen molar-refractivity contribution in [2.24, 2.45) is 5.73 Å². The summed E-state index contributed by atoms with van der Waals surface area (Å²) >= 11 is 0. The van der Waals surface area contributed by atoms with Gasteiger partial charge in [-0.15, -0.1) is 0 Å². The van der Waals surface area contributed by atoms with Gasteiger partial charge in [0.1, 0.15) is 17.4 Å². The average molecular weight is 477 g/mol. The van der Waals surface area contributed by atoms with Gasteiger partial charge >= 0.3 is 6.18 Å². The Morgan fingerprint density at radius 1 is 1.24 bits per heavy atom. The number of amides is 1. The molecule has 2 aromatic rings. The summed E-state index contributed by atoms with van der Waals surface area (Å²) in [5.41, 5.74) is 6.67. The molecule has 2 aliphatic rings. The molecule has 2 saturated heterocycles. The van der Waals surface area contributed by atoms with Crippen molar-refractivity contribution in [2.75, 3.05) is 19.7 Å². The molecule has 2 fully saturated rings. The zero-order valence-corrected chi connectivity index (χ0v) is 19.5. The monoisotopic (exact) mass is 476 g/mol. The van der Waals surface area contributed by atoms with Crippen LogP contribution in [0.4, 0.5) is 13.2 Å². The predicted molar refractivity (Wildman–Crippen MR) is 123 cm³/mol. The van der Waals surface area contributed by atoms with Crippen LogP contribution in [0, 0.1) is 6.92 Å². The number of likely N-dealkylation sites (tertiary alicyclic amines) is 1. The number of rotatable bonds is 6. The third-order valence-corrected chi connectivity index (χ3v) is 7.22. The standard InChI is InChI=1S/C26H31F3N2O3/c1-17-6-8-19(9-7-17)18(2)23-15-25(24(30)32,11-13-33-23)31-12-10-22(16-31)34-21-5-3-4-20(14-21)26(27,28)29/h3-9,14,18,22-23H,10-13,15-16H2,1-2H3,(H2,30,32)/t18-,22+,23?,25?/m0/s1. The number of primary amides is 1. The summed E-state index contributed by atoms with van der Waals surface area (Å²) in [6, 6.07) is 13.2. The van der Waals surface area contributed by atoms with Gasteiger partial charge in [0.2, 0.25) is 5.91 Å². The first kappa shape index (κ1) is 24.5. The van der Waals surface area contributed by atoms with Crippen molar-refractivity contribution >= 4 is 5.91 Å². The van der Waals surface area contributed by atoms with Crippen LogP contribution in [-0.2, 0) is 15.7 Å². The van der Waals surface area contributed by atoms with Gasteiger partial charge in [-0.25, -0.2) is 0 Å². The molecule has 2 aromatic carbocycles. The second-order valence-corrected chi connectivity index (χ2v) is 9.46. The maximum absolute atomic E-state index is 13.0. The van der Waals surface area contributed by atoms with Gasteiger partial charge in [-0.1, -0.05) is 42.8 Å². The first-order valence-corrected chi connectivity index (χ1v) is 11.7. The number of hydrogen-bond acceptors (Lipinski definition) is 4. The van der Waals surface area contributed by atoms with Crippen LogP contribution in [0.25, 0.3) is 0 Å². The number of halogens is 3. The molecule has 2 heterocycles. The minimum atomic E-state index is -4.43. The number of ether oxygens (including phenoxy) is 2. The van der Waals surface area contributed by atoms with Crippen LogP contribution in [0.1, 0.15) is 48.8 Å². The Morgan fingerprint density at radius 3 is 2.65 bits per heavy atom. The molecule has 184 valence electrons. The molecule has 0 spiro atoms. The van der Waals surface area contributed by atoms with Gasteiger partial charge in [-0.3, -0.25) is 9.69 Å². The summed E-state index contributed by atoms with van der Waals surface area (Å²) in [4.78, 5) is 14.8. The largest absolute Gasteiger partial charge is 0.489 e. The third kappa shape index (κ3) is 5.08. The normalized spacial score (nSPS) is 26.9. The quantitative estimate of drug-likeness (QED) is 0.658. The molecule has 2 N–H and O–H groups in total. The fourth-order valence-electron chi connectivity index (χ4n) is 5.10. The smallest absolute Gasteiger partial charge is 0.416 e. The van der Waals surface area contributed by atoms with Gasteiger partial charge in [0, 0.05) is 32.0 Å². The fraction of sp³-hybridized carbons (Fsp3) is 0.500. The first-order chi connectivity index (χ1) is 16.1. The zero-order valence-electron chi connectivity index (χ0n) is 19.5.